The zero-order valence-corrected chi connectivity index (χ0v) is 17.5. The van der Waals surface area contributed by atoms with Crippen LogP contribution in [0, 0.1) is 0 Å². The van der Waals surface area contributed by atoms with E-state index in [0.29, 0.717) is 12.0 Å². The van der Waals surface area contributed by atoms with Crippen molar-refractivity contribution in [3.05, 3.63) is 70.7 Å². The normalized spacial score (nSPS) is 14.6. The fourth-order valence-corrected chi connectivity index (χ4v) is 3.85. The second-order valence-corrected chi connectivity index (χ2v) is 8.20. The summed E-state index contributed by atoms with van der Waals surface area (Å²) in [5, 5.41) is 7.03. The van der Waals surface area contributed by atoms with Gasteiger partial charge < -0.3 is 10.6 Å². The third kappa shape index (κ3) is 5.10. The van der Waals surface area contributed by atoms with E-state index in [4.69, 9.17) is 9.97 Å². The van der Waals surface area contributed by atoms with Crippen molar-refractivity contribution in [2.75, 3.05) is 10.6 Å². The van der Waals surface area contributed by atoms with Crippen LogP contribution < -0.4 is 10.6 Å². The molecule has 0 unspecified atom stereocenters. The van der Waals surface area contributed by atoms with E-state index >= 15 is 0 Å². The maximum atomic E-state index is 4.80. The molecule has 1 heterocycles. The lowest BCUT2D eigenvalue weighted by Crippen LogP contribution is -2.23. The zero-order chi connectivity index (χ0) is 19.2. The fourth-order valence-electron chi connectivity index (χ4n) is 3.58. The first-order valence-corrected chi connectivity index (χ1v) is 10.7. The first-order chi connectivity index (χ1) is 13.8. The number of hydrogen-bond donors (Lipinski definition) is 2. The van der Waals surface area contributed by atoms with E-state index in [1.807, 2.05) is 24.3 Å². The molecule has 2 aromatic carbocycles. The molecule has 0 atom stereocenters. The molecule has 0 radical (unpaired) electrons. The summed E-state index contributed by atoms with van der Waals surface area (Å²) in [7, 11) is 0. The van der Waals surface area contributed by atoms with Crippen LogP contribution in [0.25, 0.3) is 11.3 Å². The van der Waals surface area contributed by atoms with Gasteiger partial charge in [0.1, 0.15) is 5.82 Å². The molecule has 1 saturated carbocycles. The molecule has 1 fully saturated rings. The van der Waals surface area contributed by atoms with Crippen LogP contribution in [0.5, 0.6) is 0 Å². The summed E-state index contributed by atoms with van der Waals surface area (Å²) in [5.74, 6) is 1.56. The topological polar surface area (TPSA) is 49.8 Å². The van der Waals surface area contributed by atoms with Crippen molar-refractivity contribution in [3.8, 4) is 11.3 Å². The number of anilines is 2. The van der Waals surface area contributed by atoms with Crippen molar-refractivity contribution in [2.45, 2.75) is 44.7 Å². The van der Waals surface area contributed by atoms with Gasteiger partial charge in [-0.3, -0.25) is 0 Å². The third-order valence-electron chi connectivity index (χ3n) is 5.12. The maximum absolute atomic E-state index is 4.80. The fraction of sp³-hybridized carbons (Fsp3) is 0.304. The summed E-state index contributed by atoms with van der Waals surface area (Å²) < 4.78 is 1.09. The molecule has 0 bridgehead atoms. The number of halogens is 1. The number of aromatic nitrogens is 2. The molecule has 28 heavy (non-hydrogen) atoms. The van der Waals surface area contributed by atoms with Gasteiger partial charge in [-0.05, 0) is 30.5 Å². The molecular weight excluding hydrogens is 412 g/mol. The highest BCUT2D eigenvalue weighted by molar-refractivity contribution is 9.10. The van der Waals surface area contributed by atoms with Crippen molar-refractivity contribution in [1.29, 1.82) is 0 Å². The van der Waals surface area contributed by atoms with Crippen LogP contribution in [0.4, 0.5) is 11.8 Å². The van der Waals surface area contributed by atoms with Gasteiger partial charge in [-0.15, -0.1) is 0 Å². The molecule has 0 aliphatic heterocycles. The third-order valence-corrected chi connectivity index (χ3v) is 5.65. The summed E-state index contributed by atoms with van der Waals surface area (Å²) in [6, 6.07) is 21.1. The summed E-state index contributed by atoms with van der Waals surface area (Å²) in [4.78, 5) is 9.54. The van der Waals surface area contributed by atoms with Crippen LogP contribution >= 0.6 is 15.9 Å². The quantitative estimate of drug-likeness (QED) is 0.478. The predicted octanol–water partition coefficient (Wildman–Crippen LogP) is 6.26. The van der Waals surface area contributed by atoms with Crippen molar-refractivity contribution >= 4 is 27.7 Å². The Morgan fingerprint density at radius 3 is 2.39 bits per heavy atom. The van der Waals surface area contributed by atoms with Crippen LogP contribution in [0.1, 0.15) is 37.7 Å². The highest BCUT2D eigenvalue weighted by Crippen LogP contribution is 2.25. The minimum Gasteiger partial charge on any atom is -0.366 e. The lowest BCUT2D eigenvalue weighted by Gasteiger charge is -2.23. The molecule has 0 spiro atoms. The zero-order valence-electron chi connectivity index (χ0n) is 15.9. The number of nitrogens with zero attached hydrogens (tertiary/aromatic N) is 2. The lowest BCUT2D eigenvalue weighted by molar-refractivity contribution is 0.461. The van der Waals surface area contributed by atoms with Gasteiger partial charge in [-0.1, -0.05) is 77.7 Å². The molecule has 2 N–H and O–H groups in total. The largest absolute Gasteiger partial charge is 0.366 e. The Morgan fingerprint density at radius 1 is 0.893 bits per heavy atom. The molecule has 144 valence electrons. The van der Waals surface area contributed by atoms with Gasteiger partial charge in [-0.25, -0.2) is 4.98 Å². The van der Waals surface area contributed by atoms with Crippen molar-refractivity contribution in [3.63, 3.8) is 0 Å². The molecule has 0 amide bonds. The molecule has 1 aromatic heterocycles. The molecule has 1 aliphatic rings. The second-order valence-electron chi connectivity index (χ2n) is 7.29. The van der Waals surface area contributed by atoms with E-state index in [1.165, 1.54) is 37.7 Å². The van der Waals surface area contributed by atoms with Crippen LogP contribution in [-0.2, 0) is 6.54 Å². The maximum Gasteiger partial charge on any atom is 0.225 e. The Hall–Kier alpha value is -2.40. The number of rotatable bonds is 6. The van der Waals surface area contributed by atoms with E-state index in [1.54, 1.807) is 0 Å². The van der Waals surface area contributed by atoms with Gasteiger partial charge in [0.15, 0.2) is 0 Å². The summed E-state index contributed by atoms with van der Waals surface area (Å²) >= 11 is 3.48. The van der Waals surface area contributed by atoms with Crippen LogP contribution in [-0.4, -0.2) is 16.0 Å². The number of benzene rings is 2. The molecule has 4 rings (SSSR count). The Morgan fingerprint density at radius 2 is 1.64 bits per heavy atom. The summed E-state index contributed by atoms with van der Waals surface area (Å²) in [6.45, 7) is 0.724. The van der Waals surface area contributed by atoms with Gasteiger partial charge in [0.05, 0.1) is 5.69 Å². The molecule has 4 nitrogen and oxygen atoms in total. The number of nitrogens with one attached hydrogen (secondary N) is 2. The Balaban J connectivity index is 1.56. The monoisotopic (exact) mass is 436 g/mol. The predicted molar refractivity (Wildman–Crippen MR) is 119 cm³/mol. The SMILES string of the molecule is Brc1ccc(CNc2cc(-c3ccccc3)nc(NC3CCCCC3)n2)cc1. The summed E-state index contributed by atoms with van der Waals surface area (Å²) in [5.41, 5.74) is 3.25. The van der Waals surface area contributed by atoms with Gasteiger partial charge in [0.25, 0.3) is 0 Å². The average Bonchev–Trinajstić information content (AvgIpc) is 2.75. The van der Waals surface area contributed by atoms with Gasteiger partial charge >= 0.3 is 0 Å². The van der Waals surface area contributed by atoms with Gasteiger partial charge in [0.2, 0.25) is 5.95 Å². The van der Waals surface area contributed by atoms with Crippen molar-refractivity contribution in [2.24, 2.45) is 0 Å². The Kier molecular flexibility index (Phi) is 6.22. The average molecular weight is 437 g/mol. The summed E-state index contributed by atoms with van der Waals surface area (Å²) in [6.07, 6.45) is 6.29. The molecule has 3 aromatic rings. The molecule has 0 saturated heterocycles. The van der Waals surface area contributed by atoms with E-state index in [2.05, 4.69) is 63.0 Å². The van der Waals surface area contributed by atoms with Crippen LogP contribution in [0.3, 0.4) is 0 Å². The second kappa shape index (κ2) is 9.20. The van der Waals surface area contributed by atoms with Gasteiger partial charge in [0, 0.05) is 28.7 Å². The first kappa shape index (κ1) is 18.9. The minimum absolute atomic E-state index is 0.471. The Bertz CT molecular complexity index is 890. The molecule has 1 aliphatic carbocycles. The standard InChI is InChI=1S/C23H25BrN4/c24-19-13-11-17(12-14-19)16-25-22-15-21(18-7-3-1-4-8-18)27-23(28-22)26-20-9-5-2-6-10-20/h1,3-4,7-8,11-15,20H,2,5-6,9-10,16H2,(H2,25,26,27,28). The Labute approximate surface area is 175 Å². The minimum atomic E-state index is 0.471. The first-order valence-electron chi connectivity index (χ1n) is 9.96. The van der Waals surface area contributed by atoms with Crippen LogP contribution in [0.2, 0.25) is 0 Å². The van der Waals surface area contributed by atoms with Crippen molar-refractivity contribution < 1.29 is 0 Å². The van der Waals surface area contributed by atoms with E-state index in [9.17, 15) is 0 Å². The van der Waals surface area contributed by atoms with Gasteiger partial charge in [-0.2, -0.15) is 4.98 Å². The molecular formula is C23H25BrN4. The molecule has 5 heteroatoms. The highest BCUT2D eigenvalue weighted by atomic mass is 79.9. The van der Waals surface area contributed by atoms with E-state index in [-0.39, 0.29) is 0 Å². The van der Waals surface area contributed by atoms with E-state index < -0.39 is 0 Å². The smallest absolute Gasteiger partial charge is 0.225 e. The lowest BCUT2D eigenvalue weighted by atomic mass is 9.96. The highest BCUT2D eigenvalue weighted by Gasteiger charge is 2.15. The number of hydrogen-bond acceptors (Lipinski definition) is 4. The van der Waals surface area contributed by atoms with Crippen molar-refractivity contribution in [1.82, 2.24) is 9.97 Å². The van der Waals surface area contributed by atoms with E-state index in [0.717, 1.165) is 28.1 Å². The van der Waals surface area contributed by atoms with Crippen LogP contribution in [0.15, 0.2) is 65.1 Å².